The molecule has 4 fully saturated rings. The van der Waals surface area contributed by atoms with Gasteiger partial charge in [0.1, 0.15) is 15.7 Å². The number of carbonyl (C=O) groups excluding carboxylic acids is 1. The molecule has 0 spiro atoms. The second-order valence-corrected chi connectivity index (χ2v) is 17.4. The van der Waals surface area contributed by atoms with Crippen LogP contribution in [0.5, 0.6) is 0 Å². The zero-order valence-corrected chi connectivity index (χ0v) is 26.0. The highest BCUT2D eigenvalue weighted by atomic mass is 32.2. The summed E-state index contributed by atoms with van der Waals surface area (Å²) in [5.41, 5.74) is 0.433. The molecule has 220 valence electrons. The quantitative estimate of drug-likeness (QED) is 0.348. The summed E-state index contributed by atoms with van der Waals surface area (Å²) in [5, 5.41) is 24.1. The van der Waals surface area contributed by atoms with E-state index in [-0.39, 0.29) is 44.7 Å². The Balaban J connectivity index is 1.23. The van der Waals surface area contributed by atoms with Crippen molar-refractivity contribution in [2.24, 2.45) is 52.3 Å². The minimum Gasteiger partial charge on any atom is -0.393 e. The van der Waals surface area contributed by atoms with Gasteiger partial charge in [0.15, 0.2) is 9.84 Å². The van der Waals surface area contributed by atoms with Crippen molar-refractivity contribution < 1.29 is 23.4 Å². The lowest BCUT2D eigenvalue weighted by Gasteiger charge is -2.64. The number of hydrogen-bond donors (Lipinski definition) is 2. The smallest absolute Gasteiger partial charge is 0.194 e. The average Bonchev–Trinajstić information content (AvgIpc) is 3.54. The molecular formula is C32H50O5S2. The van der Waals surface area contributed by atoms with Crippen molar-refractivity contribution in [3.63, 3.8) is 0 Å². The van der Waals surface area contributed by atoms with Crippen molar-refractivity contribution in [3.8, 4) is 0 Å². The number of aliphatic hydroxyl groups is 2. The van der Waals surface area contributed by atoms with Crippen LogP contribution >= 0.6 is 11.3 Å². The highest BCUT2D eigenvalue weighted by Crippen LogP contribution is 2.69. The first-order chi connectivity index (χ1) is 18.4. The first-order valence-electron chi connectivity index (χ1n) is 15.6. The minimum absolute atomic E-state index is 0.178. The summed E-state index contributed by atoms with van der Waals surface area (Å²) in [6.07, 6.45) is 10.1. The first kappa shape index (κ1) is 29.7. The Labute approximate surface area is 240 Å². The molecule has 1 aromatic rings. The summed E-state index contributed by atoms with van der Waals surface area (Å²) in [4.78, 5) is 12.5. The molecule has 1 heterocycles. The first-order valence-corrected chi connectivity index (χ1v) is 18.1. The molecule has 0 aliphatic heterocycles. The second-order valence-electron chi connectivity index (χ2n) is 14.2. The van der Waals surface area contributed by atoms with Gasteiger partial charge in [0.25, 0.3) is 0 Å². The molecule has 4 aliphatic rings. The number of Topliss-reactive ketones (excluding diaryl/α,β-unsaturated/α-hetero) is 1. The Morgan fingerprint density at radius 3 is 2.49 bits per heavy atom. The summed E-state index contributed by atoms with van der Waals surface area (Å²) in [5.74, 6) is 2.63. The predicted molar refractivity (Wildman–Crippen MR) is 156 cm³/mol. The van der Waals surface area contributed by atoms with Crippen LogP contribution in [-0.2, 0) is 14.6 Å². The van der Waals surface area contributed by atoms with Crippen molar-refractivity contribution in [1.29, 1.82) is 0 Å². The number of aliphatic hydroxyl groups excluding tert-OH is 2. The lowest BCUT2D eigenvalue weighted by molar-refractivity contribution is -0.203. The van der Waals surface area contributed by atoms with E-state index in [0.717, 1.165) is 38.5 Å². The Morgan fingerprint density at radius 2 is 1.79 bits per heavy atom. The Hall–Kier alpha value is -0.760. The van der Waals surface area contributed by atoms with Crippen LogP contribution < -0.4 is 0 Å². The number of thiophene rings is 1. The lowest BCUT2D eigenvalue weighted by Crippen LogP contribution is -2.62. The van der Waals surface area contributed by atoms with Crippen molar-refractivity contribution in [2.45, 2.75) is 115 Å². The fourth-order valence-corrected chi connectivity index (χ4v) is 12.9. The maximum atomic E-state index is 12.5. The number of hydrogen-bond acceptors (Lipinski definition) is 6. The molecule has 5 nitrogen and oxygen atoms in total. The zero-order valence-electron chi connectivity index (χ0n) is 24.3. The summed E-state index contributed by atoms with van der Waals surface area (Å²) in [6, 6.07) is 3.28. The van der Waals surface area contributed by atoms with Crippen LogP contribution in [0.1, 0.15) is 98.3 Å². The van der Waals surface area contributed by atoms with Crippen LogP contribution in [0, 0.1) is 52.3 Å². The van der Waals surface area contributed by atoms with Crippen molar-refractivity contribution in [2.75, 3.05) is 5.75 Å². The molecule has 0 radical (unpaired) electrons. The third-order valence-electron chi connectivity index (χ3n) is 12.4. The monoisotopic (exact) mass is 578 g/mol. The Bertz CT molecular complexity index is 1120. The molecule has 0 amide bonds. The van der Waals surface area contributed by atoms with Crippen LogP contribution in [0.2, 0.25) is 0 Å². The highest BCUT2D eigenvalue weighted by molar-refractivity contribution is 7.94. The van der Waals surface area contributed by atoms with E-state index in [4.69, 9.17) is 0 Å². The van der Waals surface area contributed by atoms with Gasteiger partial charge in [-0.15, -0.1) is 11.3 Å². The maximum Gasteiger partial charge on any atom is 0.194 e. The molecule has 0 unspecified atom stereocenters. The SMILES string of the molecule is CC[C@H]1[C@@H](O)[C@@H]2[C@H](CC[C@]3(C)[C@@H]([C@H](C)CCCC(=O)CS(=O)(=O)c4cccs4)CC[C@@H]23)[C@@]2(C)CC[C@@H](O)C[C@@H]12. The summed E-state index contributed by atoms with van der Waals surface area (Å²) < 4.78 is 25.2. The van der Waals surface area contributed by atoms with E-state index in [1.807, 2.05) is 0 Å². The van der Waals surface area contributed by atoms with Gasteiger partial charge in [0, 0.05) is 6.42 Å². The van der Waals surface area contributed by atoms with Gasteiger partial charge in [-0.3, -0.25) is 4.79 Å². The van der Waals surface area contributed by atoms with Crippen molar-refractivity contribution >= 4 is 27.0 Å². The Kier molecular flexibility index (Phi) is 8.50. The third kappa shape index (κ3) is 5.21. The average molecular weight is 579 g/mol. The van der Waals surface area contributed by atoms with Crippen molar-refractivity contribution in [3.05, 3.63) is 17.5 Å². The van der Waals surface area contributed by atoms with Crippen LogP contribution in [0.3, 0.4) is 0 Å². The molecule has 2 N–H and O–H groups in total. The number of sulfone groups is 1. The molecule has 0 aromatic carbocycles. The number of ketones is 1. The van der Waals surface area contributed by atoms with Crippen molar-refractivity contribution in [1.82, 2.24) is 0 Å². The van der Waals surface area contributed by atoms with Gasteiger partial charge in [-0.05, 0) is 115 Å². The highest BCUT2D eigenvalue weighted by Gasteiger charge is 2.64. The third-order valence-corrected chi connectivity index (χ3v) is 15.6. The molecule has 4 saturated carbocycles. The van der Waals surface area contributed by atoms with E-state index in [9.17, 15) is 23.4 Å². The normalized spacial score (nSPS) is 42.8. The maximum absolute atomic E-state index is 12.5. The van der Waals surface area contributed by atoms with Gasteiger partial charge in [0.2, 0.25) is 0 Å². The second kappa shape index (κ2) is 11.1. The molecular weight excluding hydrogens is 528 g/mol. The van der Waals surface area contributed by atoms with E-state index >= 15 is 0 Å². The van der Waals surface area contributed by atoms with Gasteiger partial charge in [-0.25, -0.2) is 8.42 Å². The molecule has 7 heteroatoms. The van der Waals surface area contributed by atoms with Gasteiger partial charge in [-0.1, -0.05) is 46.6 Å². The largest absolute Gasteiger partial charge is 0.393 e. The molecule has 5 rings (SSSR count). The standard InChI is InChI=1S/C32H50O5S2/c1-5-23-27-18-21(33)13-15-32(27,4)26-14-16-31(3)24(11-12-25(31)29(26)30(23)35)20(2)8-6-9-22(34)19-39(36,37)28-10-7-17-38-28/h7,10,17,20-21,23-27,29-30,33,35H,5-6,8-9,11-16,18-19H2,1-4H3/t20-,21-,23-,24-,25+,26+,27+,29+,30-,31-,32-/m1/s1. The van der Waals surface area contributed by atoms with Gasteiger partial charge in [-0.2, -0.15) is 0 Å². The molecule has 11 atom stereocenters. The Morgan fingerprint density at radius 1 is 1.08 bits per heavy atom. The number of rotatable bonds is 9. The van der Waals surface area contributed by atoms with E-state index in [0.29, 0.717) is 41.9 Å². The van der Waals surface area contributed by atoms with Gasteiger partial charge >= 0.3 is 0 Å². The van der Waals surface area contributed by atoms with Crippen LogP contribution in [0.15, 0.2) is 21.7 Å². The molecule has 0 bridgehead atoms. The lowest BCUT2D eigenvalue weighted by atomic mass is 9.41. The zero-order chi connectivity index (χ0) is 28.2. The van der Waals surface area contributed by atoms with E-state index in [2.05, 4.69) is 27.7 Å². The van der Waals surface area contributed by atoms with Gasteiger partial charge in [0.05, 0.1) is 12.2 Å². The van der Waals surface area contributed by atoms with Crippen LogP contribution in [0.25, 0.3) is 0 Å². The minimum atomic E-state index is -3.52. The topological polar surface area (TPSA) is 91.7 Å². The molecule has 1 aromatic heterocycles. The summed E-state index contributed by atoms with van der Waals surface area (Å²) >= 11 is 1.17. The molecule has 0 saturated heterocycles. The predicted octanol–water partition coefficient (Wildman–Crippen LogP) is 6.52. The van der Waals surface area contributed by atoms with Gasteiger partial charge < -0.3 is 10.2 Å². The fourth-order valence-electron chi connectivity index (χ4n) is 10.6. The molecule has 39 heavy (non-hydrogen) atoms. The number of fused-ring (bicyclic) bond motifs is 5. The van der Waals surface area contributed by atoms with Crippen LogP contribution in [-0.4, -0.2) is 42.4 Å². The molecule has 4 aliphatic carbocycles. The number of carbonyl (C=O) groups is 1. The van der Waals surface area contributed by atoms with Crippen LogP contribution in [0.4, 0.5) is 0 Å². The van der Waals surface area contributed by atoms with E-state index < -0.39 is 9.84 Å². The van der Waals surface area contributed by atoms with E-state index in [1.54, 1.807) is 17.5 Å². The summed E-state index contributed by atoms with van der Waals surface area (Å²) in [7, 11) is -3.52. The summed E-state index contributed by atoms with van der Waals surface area (Å²) in [6.45, 7) is 9.55. The fraction of sp³-hybridized carbons (Fsp3) is 0.844. The van der Waals surface area contributed by atoms with E-state index in [1.165, 1.54) is 37.0 Å².